The van der Waals surface area contributed by atoms with Gasteiger partial charge in [0, 0.05) is 14.9 Å². The van der Waals surface area contributed by atoms with Crippen LogP contribution in [-0.4, -0.2) is 14.8 Å². The fraction of sp³-hybridized carbons (Fsp3) is 0.381. The first-order valence-electron chi connectivity index (χ1n) is 9.34. The Bertz CT molecular complexity index is 753. The van der Waals surface area contributed by atoms with Crippen LogP contribution < -0.4 is 4.74 Å². The molecule has 26 heavy (non-hydrogen) atoms. The quantitative estimate of drug-likeness (QED) is 0.381. The van der Waals surface area contributed by atoms with E-state index in [2.05, 4.69) is 6.92 Å². The lowest BCUT2D eigenvalue weighted by molar-refractivity contribution is 0.0734. The molecule has 2 nitrogen and oxygen atoms in total. The lowest BCUT2D eigenvalue weighted by Gasteiger charge is -2.27. The van der Waals surface area contributed by atoms with E-state index < -0.39 is 26.4 Å². The van der Waals surface area contributed by atoms with Gasteiger partial charge in [-0.3, -0.25) is 0 Å². The van der Waals surface area contributed by atoms with Crippen molar-refractivity contribution >= 4 is 14.8 Å². The van der Waals surface area contributed by atoms with E-state index in [1.165, 1.54) is 49.0 Å². The SMILES string of the molecule is CCC[SiH]1CCC(c2ccc(C(=O)Oc3ccc(F)c(F)c3)cc2)CC1. The zero-order chi connectivity index (χ0) is 18.5. The van der Waals surface area contributed by atoms with Crippen molar-refractivity contribution < 1.29 is 18.3 Å². The number of rotatable bonds is 5. The number of carbonyl (C=O) groups excluding carboxylic acids is 1. The third-order valence-electron chi connectivity index (χ3n) is 5.26. The Labute approximate surface area is 154 Å². The third kappa shape index (κ3) is 4.58. The summed E-state index contributed by atoms with van der Waals surface area (Å²) in [6, 6.07) is 14.9. The van der Waals surface area contributed by atoms with Crippen LogP contribution in [-0.2, 0) is 0 Å². The molecule has 1 aliphatic heterocycles. The average Bonchev–Trinajstić information content (AvgIpc) is 2.66. The van der Waals surface area contributed by atoms with Gasteiger partial charge in [-0.15, -0.1) is 0 Å². The normalized spacial score (nSPS) is 20.0. The summed E-state index contributed by atoms with van der Waals surface area (Å²) in [5.41, 5.74) is 1.69. The fourth-order valence-corrected chi connectivity index (χ4v) is 7.22. The van der Waals surface area contributed by atoms with Crippen LogP contribution >= 0.6 is 0 Å². The van der Waals surface area contributed by atoms with E-state index >= 15 is 0 Å². The molecular weight excluding hydrogens is 350 g/mol. The number of hydrogen-bond donors (Lipinski definition) is 0. The number of esters is 1. The van der Waals surface area contributed by atoms with Gasteiger partial charge in [0.25, 0.3) is 0 Å². The number of benzene rings is 2. The molecule has 0 bridgehead atoms. The molecule has 0 N–H and O–H groups in total. The zero-order valence-electron chi connectivity index (χ0n) is 15.0. The number of carbonyl (C=O) groups is 1. The minimum absolute atomic E-state index is 0.00261. The van der Waals surface area contributed by atoms with Gasteiger partial charge >= 0.3 is 5.97 Å². The molecule has 0 radical (unpaired) electrons. The summed E-state index contributed by atoms with van der Waals surface area (Å²) < 4.78 is 31.3. The first-order chi connectivity index (χ1) is 12.6. The highest BCUT2D eigenvalue weighted by Crippen LogP contribution is 2.35. The molecule has 0 aliphatic carbocycles. The van der Waals surface area contributed by atoms with Crippen molar-refractivity contribution in [1.82, 2.24) is 0 Å². The second-order valence-corrected chi connectivity index (χ2v) is 10.6. The molecule has 2 aromatic rings. The summed E-state index contributed by atoms with van der Waals surface area (Å²) in [6.07, 6.45) is 3.83. The summed E-state index contributed by atoms with van der Waals surface area (Å²) in [5.74, 6) is -1.98. The number of ether oxygens (including phenoxy) is 1. The van der Waals surface area contributed by atoms with E-state index in [1.807, 2.05) is 12.1 Å². The largest absolute Gasteiger partial charge is 0.423 e. The smallest absolute Gasteiger partial charge is 0.343 e. The number of halogens is 2. The van der Waals surface area contributed by atoms with Crippen molar-refractivity contribution in [3.63, 3.8) is 0 Å². The molecule has 1 heterocycles. The maximum absolute atomic E-state index is 13.2. The minimum Gasteiger partial charge on any atom is -0.423 e. The van der Waals surface area contributed by atoms with Gasteiger partial charge in [0.05, 0.1) is 5.56 Å². The van der Waals surface area contributed by atoms with Crippen molar-refractivity contribution in [3.8, 4) is 5.75 Å². The molecule has 0 aromatic heterocycles. The summed E-state index contributed by atoms with van der Waals surface area (Å²) in [7, 11) is -0.494. The Morgan fingerprint density at radius 3 is 2.38 bits per heavy atom. The molecule has 0 unspecified atom stereocenters. The zero-order valence-corrected chi connectivity index (χ0v) is 16.2. The highest BCUT2D eigenvalue weighted by Gasteiger charge is 2.23. The van der Waals surface area contributed by atoms with E-state index in [1.54, 1.807) is 12.1 Å². The van der Waals surface area contributed by atoms with Crippen LogP contribution in [0.3, 0.4) is 0 Å². The molecule has 0 atom stereocenters. The summed E-state index contributed by atoms with van der Waals surface area (Å²) >= 11 is 0. The Morgan fingerprint density at radius 1 is 1.08 bits per heavy atom. The van der Waals surface area contributed by atoms with Crippen LogP contribution in [0.15, 0.2) is 42.5 Å². The highest BCUT2D eigenvalue weighted by atomic mass is 28.3. The topological polar surface area (TPSA) is 26.3 Å². The Kier molecular flexibility index (Phi) is 6.19. The number of hydrogen-bond acceptors (Lipinski definition) is 2. The molecule has 0 amide bonds. The minimum atomic E-state index is -1.03. The van der Waals surface area contributed by atoms with Crippen molar-refractivity contribution in [2.24, 2.45) is 0 Å². The van der Waals surface area contributed by atoms with Crippen molar-refractivity contribution in [2.45, 2.75) is 50.2 Å². The predicted octanol–water partition coefficient (Wildman–Crippen LogP) is 5.70. The Balaban J connectivity index is 1.60. The van der Waals surface area contributed by atoms with Gasteiger partial charge in [-0.25, -0.2) is 13.6 Å². The van der Waals surface area contributed by atoms with Gasteiger partial charge < -0.3 is 4.74 Å². The van der Waals surface area contributed by atoms with Crippen LogP contribution in [0.1, 0.15) is 48.0 Å². The molecule has 0 saturated carbocycles. The average molecular weight is 375 g/mol. The second kappa shape index (κ2) is 8.58. The van der Waals surface area contributed by atoms with Crippen molar-refractivity contribution in [2.75, 3.05) is 0 Å². The van der Waals surface area contributed by atoms with Gasteiger partial charge in [-0.1, -0.05) is 43.6 Å². The third-order valence-corrected chi connectivity index (χ3v) is 8.96. The van der Waals surface area contributed by atoms with Crippen LogP contribution in [0, 0.1) is 11.6 Å². The molecule has 1 aliphatic rings. The first-order valence-corrected chi connectivity index (χ1v) is 11.8. The molecule has 0 spiro atoms. The molecule has 1 saturated heterocycles. The molecule has 2 aromatic carbocycles. The van der Waals surface area contributed by atoms with Gasteiger partial charge in [0.15, 0.2) is 11.6 Å². The predicted molar refractivity (Wildman–Crippen MR) is 102 cm³/mol. The highest BCUT2D eigenvalue weighted by molar-refractivity contribution is 6.59. The van der Waals surface area contributed by atoms with Crippen LogP contribution in [0.25, 0.3) is 0 Å². The Morgan fingerprint density at radius 2 is 1.77 bits per heavy atom. The molecule has 3 rings (SSSR count). The maximum atomic E-state index is 13.2. The van der Waals surface area contributed by atoms with Gasteiger partial charge in [0.1, 0.15) is 5.75 Å². The van der Waals surface area contributed by atoms with Crippen molar-refractivity contribution in [3.05, 3.63) is 65.2 Å². The van der Waals surface area contributed by atoms with Crippen LogP contribution in [0.2, 0.25) is 18.1 Å². The maximum Gasteiger partial charge on any atom is 0.343 e. The van der Waals surface area contributed by atoms with E-state index in [-0.39, 0.29) is 5.75 Å². The fourth-order valence-electron chi connectivity index (χ4n) is 3.79. The summed E-state index contributed by atoms with van der Waals surface area (Å²) in [4.78, 5) is 12.2. The lowest BCUT2D eigenvalue weighted by Crippen LogP contribution is -2.20. The lowest BCUT2D eigenvalue weighted by atomic mass is 9.93. The van der Waals surface area contributed by atoms with Gasteiger partial charge in [-0.05, 0) is 48.6 Å². The first kappa shape index (κ1) is 18.8. The summed E-state index contributed by atoms with van der Waals surface area (Å²) in [6.45, 7) is 2.28. The molecule has 138 valence electrons. The molecular formula is C21H24F2O2Si. The van der Waals surface area contributed by atoms with E-state index in [9.17, 15) is 13.6 Å². The monoisotopic (exact) mass is 374 g/mol. The summed E-state index contributed by atoms with van der Waals surface area (Å²) in [5, 5.41) is 0. The van der Waals surface area contributed by atoms with E-state index in [0.29, 0.717) is 11.5 Å². The standard InChI is InChI=1S/C21H24F2O2Si/c1-2-11-26-12-9-16(10-13-26)15-3-5-17(6-4-15)21(24)25-18-7-8-19(22)20(23)14-18/h3-8,14,16,26H,2,9-13H2,1H3. The van der Waals surface area contributed by atoms with Crippen LogP contribution in [0.4, 0.5) is 8.78 Å². The van der Waals surface area contributed by atoms with Crippen molar-refractivity contribution in [1.29, 1.82) is 0 Å². The second-order valence-electron chi connectivity index (χ2n) is 7.09. The van der Waals surface area contributed by atoms with E-state index in [0.717, 1.165) is 12.1 Å². The van der Waals surface area contributed by atoms with Gasteiger partial charge in [-0.2, -0.15) is 0 Å². The molecule has 5 heteroatoms. The Hall–Kier alpha value is -2.01. The molecule has 1 fully saturated rings. The van der Waals surface area contributed by atoms with Gasteiger partial charge in [0.2, 0.25) is 0 Å². The van der Waals surface area contributed by atoms with Crippen LogP contribution in [0.5, 0.6) is 5.75 Å². The van der Waals surface area contributed by atoms with E-state index in [4.69, 9.17) is 4.74 Å².